The number of nitrogens with one attached hydrogen (secondary N) is 1. The molecule has 4 N–H and O–H groups in total. The number of β-amino-alcohol motifs (C(OH)–C–C–N with tert-alkyl or cyclic N) is 1. The molecule has 3 aliphatic rings. The van der Waals surface area contributed by atoms with Gasteiger partial charge in [-0.25, -0.2) is 4.79 Å². The largest absolute Gasteiger partial charge is 0.535 e. The summed E-state index contributed by atoms with van der Waals surface area (Å²) >= 11 is 0. The van der Waals surface area contributed by atoms with Crippen LogP contribution in [0.1, 0.15) is 22.3 Å². The predicted molar refractivity (Wildman–Crippen MR) is 101 cm³/mol. The average Bonchev–Trinajstić information content (AvgIpc) is 3.02. The summed E-state index contributed by atoms with van der Waals surface area (Å²) in [6, 6.07) is 2.96. The Labute approximate surface area is 168 Å². The van der Waals surface area contributed by atoms with Crippen molar-refractivity contribution >= 4 is 31.4 Å². The smallest absolute Gasteiger partial charge is 0.522 e. The van der Waals surface area contributed by atoms with Crippen molar-refractivity contribution in [1.82, 2.24) is 10.2 Å². The van der Waals surface area contributed by atoms with Crippen molar-refractivity contribution in [1.29, 1.82) is 0 Å². The van der Waals surface area contributed by atoms with Gasteiger partial charge in [-0.3, -0.25) is 4.79 Å². The maximum Gasteiger partial charge on any atom is 0.522 e. The lowest BCUT2D eigenvalue weighted by Crippen LogP contribution is -2.59. The quantitative estimate of drug-likeness (QED) is 0.489. The molecule has 2 atom stereocenters. The van der Waals surface area contributed by atoms with Crippen molar-refractivity contribution < 1.29 is 34.2 Å². The molecule has 0 spiro atoms. The number of carboxylic acid groups (broad SMARTS) is 1. The summed E-state index contributed by atoms with van der Waals surface area (Å²) in [4.78, 5) is 25.7. The molecule has 152 valence electrons. The summed E-state index contributed by atoms with van der Waals surface area (Å²) in [5, 5.41) is 31.8. The Kier molecular flexibility index (Phi) is 6.04. The fraction of sp³-hybridized carbons (Fsp3) is 0.529. The monoisotopic (exact) mass is 412 g/mol. The number of likely N-dealkylation sites (tertiary alicyclic amines) is 1. The number of amides is 1. The van der Waals surface area contributed by atoms with Gasteiger partial charge in [-0.2, -0.15) is 0 Å². The third-order valence-corrected chi connectivity index (χ3v) is 5.19. The lowest BCUT2D eigenvalue weighted by Gasteiger charge is -2.40. The Morgan fingerprint density at radius 3 is 2.71 bits per heavy atom. The number of carbonyl (C=O) groups excluding carboxylic acids is 1. The van der Waals surface area contributed by atoms with E-state index in [2.05, 4.69) is 5.32 Å². The van der Waals surface area contributed by atoms with Crippen LogP contribution in [0.3, 0.4) is 0 Å². The maximum absolute atomic E-state index is 12.3. The standard InChI is InChI=1S/C17H21BN2O7.ClH/c21-10-5-12(19-6-10)16(22)20-7-11(8-20)26-13-2-1-9-3-4-18(25)27-15(9)14(13)17(23)24;/h1-2,10-12,19,21,25H,3-8H2,(H,23,24);1H. The van der Waals surface area contributed by atoms with Gasteiger partial charge in [0.15, 0.2) is 0 Å². The van der Waals surface area contributed by atoms with E-state index < -0.39 is 19.2 Å². The van der Waals surface area contributed by atoms with Crippen LogP contribution in [0.2, 0.25) is 6.32 Å². The van der Waals surface area contributed by atoms with Gasteiger partial charge >= 0.3 is 13.1 Å². The van der Waals surface area contributed by atoms with Crippen LogP contribution < -0.4 is 14.7 Å². The Morgan fingerprint density at radius 1 is 1.32 bits per heavy atom. The highest BCUT2D eigenvalue weighted by atomic mass is 35.5. The van der Waals surface area contributed by atoms with Crippen molar-refractivity contribution in [2.75, 3.05) is 19.6 Å². The summed E-state index contributed by atoms with van der Waals surface area (Å²) in [7, 11) is -1.03. The van der Waals surface area contributed by atoms with E-state index in [1.54, 1.807) is 17.0 Å². The second kappa shape index (κ2) is 8.16. The Bertz CT molecular complexity index is 774. The van der Waals surface area contributed by atoms with Gasteiger partial charge < -0.3 is 34.8 Å². The topological polar surface area (TPSA) is 129 Å². The van der Waals surface area contributed by atoms with Crippen LogP contribution in [-0.4, -0.2) is 77.0 Å². The zero-order valence-corrected chi connectivity index (χ0v) is 15.9. The fourth-order valence-electron chi connectivity index (χ4n) is 3.71. The molecule has 2 fully saturated rings. The minimum Gasteiger partial charge on any atom is -0.535 e. The van der Waals surface area contributed by atoms with Crippen molar-refractivity contribution in [3.63, 3.8) is 0 Å². The van der Waals surface area contributed by atoms with Gasteiger partial charge in [0.05, 0.1) is 25.2 Å². The van der Waals surface area contributed by atoms with Gasteiger partial charge in [0.2, 0.25) is 5.91 Å². The number of aromatic carboxylic acids is 1. The molecule has 1 aromatic carbocycles. The normalized spacial score (nSPS) is 23.9. The predicted octanol–water partition coefficient (Wildman–Crippen LogP) is -0.466. The van der Waals surface area contributed by atoms with Gasteiger partial charge in [-0.1, -0.05) is 6.07 Å². The summed E-state index contributed by atoms with van der Waals surface area (Å²) in [5.74, 6) is -0.953. The molecule has 1 aromatic rings. The van der Waals surface area contributed by atoms with Crippen LogP contribution >= 0.6 is 12.4 Å². The van der Waals surface area contributed by atoms with Crippen molar-refractivity contribution in [2.24, 2.45) is 0 Å². The second-order valence-corrected chi connectivity index (χ2v) is 7.18. The number of ether oxygens (including phenoxy) is 1. The number of nitrogens with zero attached hydrogens (tertiary/aromatic N) is 1. The molecule has 0 radical (unpaired) electrons. The second-order valence-electron chi connectivity index (χ2n) is 7.18. The number of benzene rings is 1. The first-order valence-electron chi connectivity index (χ1n) is 9.03. The number of aliphatic hydroxyl groups is 1. The van der Waals surface area contributed by atoms with Crippen LogP contribution in [0.25, 0.3) is 0 Å². The number of aryl methyl sites for hydroxylation is 1. The van der Waals surface area contributed by atoms with E-state index in [0.29, 0.717) is 38.8 Å². The Balaban J connectivity index is 0.00000225. The van der Waals surface area contributed by atoms with E-state index in [9.17, 15) is 24.8 Å². The highest BCUT2D eigenvalue weighted by molar-refractivity contribution is 6.44. The lowest BCUT2D eigenvalue weighted by atomic mass is 9.78. The number of aliphatic hydroxyl groups excluding tert-OH is 1. The number of hydrogen-bond acceptors (Lipinski definition) is 7. The highest BCUT2D eigenvalue weighted by Gasteiger charge is 2.39. The van der Waals surface area contributed by atoms with Gasteiger partial charge in [0, 0.05) is 6.54 Å². The maximum atomic E-state index is 12.3. The molecule has 0 saturated carbocycles. The van der Waals surface area contributed by atoms with Gasteiger partial charge in [0.1, 0.15) is 23.2 Å². The van der Waals surface area contributed by atoms with Crippen LogP contribution in [0.4, 0.5) is 0 Å². The van der Waals surface area contributed by atoms with Gasteiger partial charge in [-0.05, 0) is 30.8 Å². The number of carboxylic acids is 1. The molecule has 9 nitrogen and oxygen atoms in total. The molecule has 2 saturated heterocycles. The first kappa shape index (κ1) is 20.7. The first-order valence-corrected chi connectivity index (χ1v) is 9.03. The molecule has 11 heteroatoms. The molecule has 28 heavy (non-hydrogen) atoms. The van der Waals surface area contributed by atoms with Crippen LogP contribution in [-0.2, 0) is 11.2 Å². The van der Waals surface area contributed by atoms with Crippen molar-refractivity contribution in [2.45, 2.75) is 37.4 Å². The Morgan fingerprint density at radius 2 is 2.07 bits per heavy atom. The molecule has 0 bridgehead atoms. The minimum atomic E-state index is -1.19. The highest BCUT2D eigenvalue weighted by Crippen LogP contribution is 2.37. The molecule has 0 aromatic heterocycles. The van der Waals surface area contributed by atoms with E-state index in [1.807, 2.05) is 0 Å². The molecule has 0 aliphatic carbocycles. The zero-order chi connectivity index (χ0) is 19.1. The fourth-order valence-corrected chi connectivity index (χ4v) is 3.71. The first-order chi connectivity index (χ1) is 12.9. The summed E-state index contributed by atoms with van der Waals surface area (Å²) in [6.07, 6.45) is 0.522. The number of halogens is 1. The molecule has 3 heterocycles. The zero-order valence-electron chi connectivity index (χ0n) is 15.0. The number of hydrogen-bond donors (Lipinski definition) is 4. The molecule has 4 rings (SSSR count). The number of rotatable bonds is 4. The molecule has 3 aliphatic heterocycles. The SMILES string of the molecule is Cl.O=C(O)c1c(OC2CN(C(=O)C3CC(O)CN3)C2)ccc2c1OB(O)CC2. The van der Waals surface area contributed by atoms with Crippen molar-refractivity contribution in [3.05, 3.63) is 23.3 Å². The Hall–Kier alpha value is -2.01. The van der Waals surface area contributed by atoms with Gasteiger partial charge in [0.25, 0.3) is 0 Å². The third-order valence-electron chi connectivity index (χ3n) is 5.19. The van der Waals surface area contributed by atoms with E-state index in [-0.39, 0.29) is 47.5 Å². The van der Waals surface area contributed by atoms with Crippen LogP contribution in [0.15, 0.2) is 12.1 Å². The van der Waals surface area contributed by atoms with E-state index >= 15 is 0 Å². The molecule has 2 unspecified atom stereocenters. The average molecular weight is 413 g/mol. The summed E-state index contributed by atoms with van der Waals surface area (Å²) in [5.41, 5.74) is 0.623. The van der Waals surface area contributed by atoms with E-state index in [0.717, 1.165) is 5.56 Å². The van der Waals surface area contributed by atoms with Gasteiger partial charge in [-0.15, -0.1) is 12.4 Å². The van der Waals surface area contributed by atoms with E-state index in [4.69, 9.17) is 9.39 Å². The molecular formula is C17H22BClN2O7. The van der Waals surface area contributed by atoms with Crippen LogP contribution in [0, 0.1) is 0 Å². The summed E-state index contributed by atoms with van der Waals surface area (Å²) < 4.78 is 11.1. The minimum absolute atomic E-state index is 0. The molecular weight excluding hydrogens is 390 g/mol. The lowest BCUT2D eigenvalue weighted by molar-refractivity contribution is -0.142. The molecule has 1 amide bonds. The number of fused-ring (bicyclic) bond motifs is 1. The van der Waals surface area contributed by atoms with E-state index in [1.165, 1.54) is 0 Å². The number of carbonyl (C=O) groups is 2. The third kappa shape index (κ3) is 3.91. The van der Waals surface area contributed by atoms with Crippen LogP contribution in [0.5, 0.6) is 11.5 Å². The summed E-state index contributed by atoms with van der Waals surface area (Å²) in [6.45, 7) is 1.12. The van der Waals surface area contributed by atoms with Crippen molar-refractivity contribution in [3.8, 4) is 11.5 Å².